The number of fused-ring (bicyclic) bond motifs is 1. The van der Waals surface area contributed by atoms with Gasteiger partial charge < -0.3 is 10.1 Å². The van der Waals surface area contributed by atoms with Gasteiger partial charge in [-0.15, -0.1) is 0 Å². The maximum absolute atomic E-state index is 5.76. The standard InChI is InChI=1S/C16H17N3/c1-11-5-6-14(12(2)8-11)15-10-19-7-3-4-13(9-17)16(19)18-15/h3-8,10H,9,17H2,1-2H3. The van der Waals surface area contributed by atoms with Crippen LogP contribution >= 0.6 is 0 Å². The molecule has 0 spiro atoms. The van der Waals surface area contributed by atoms with Crippen molar-refractivity contribution in [1.82, 2.24) is 9.38 Å². The van der Waals surface area contributed by atoms with Crippen LogP contribution in [-0.4, -0.2) is 9.38 Å². The van der Waals surface area contributed by atoms with Gasteiger partial charge in [-0.25, -0.2) is 4.98 Å². The molecule has 3 aromatic rings. The van der Waals surface area contributed by atoms with E-state index in [1.165, 1.54) is 16.7 Å². The first-order valence-corrected chi connectivity index (χ1v) is 6.43. The van der Waals surface area contributed by atoms with Crippen molar-refractivity contribution in [3.05, 3.63) is 59.4 Å². The van der Waals surface area contributed by atoms with Crippen molar-refractivity contribution in [2.24, 2.45) is 5.73 Å². The number of pyridine rings is 1. The summed E-state index contributed by atoms with van der Waals surface area (Å²) in [5.74, 6) is 0. The highest BCUT2D eigenvalue weighted by atomic mass is 15.0. The molecule has 0 radical (unpaired) electrons. The Hall–Kier alpha value is -2.13. The molecule has 3 nitrogen and oxygen atoms in total. The first-order valence-electron chi connectivity index (χ1n) is 6.43. The molecule has 1 aromatic carbocycles. The molecule has 19 heavy (non-hydrogen) atoms. The van der Waals surface area contributed by atoms with Crippen molar-refractivity contribution >= 4 is 5.65 Å². The van der Waals surface area contributed by atoms with Gasteiger partial charge in [0.2, 0.25) is 0 Å². The minimum atomic E-state index is 0.508. The lowest BCUT2D eigenvalue weighted by molar-refractivity contribution is 1.04. The van der Waals surface area contributed by atoms with Crippen LogP contribution in [0.1, 0.15) is 16.7 Å². The van der Waals surface area contributed by atoms with Gasteiger partial charge in [-0.1, -0.05) is 29.8 Å². The van der Waals surface area contributed by atoms with Crippen molar-refractivity contribution in [3.8, 4) is 11.3 Å². The quantitative estimate of drug-likeness (QED) is 0.760. The lowest BCUT2D eigenvalue weighted by Crippen LogP contribution is -1.99. The minimum Gasteiger partial charge on any atom is -0.326 e. The number of rotatable bonds is 2. The molecule has 0 atom stereocenters. The van der Waals surface area contributed by atoms with Gasteiger partial charge in [-0.05, 0) is 25.5 Å². The fourth-order valence-corrected chi connectivity index (χ4v) is 2.46. The Morgan fingerprint density at radius 3 is 2.79 bits per heavy atom. The average Bonchev–Trinajstić information content (AvgIpc) is 2.81. The van der Waals surface area contributed by atoms with Crippen LogP contribution in [0.25, 0.3) is 16.9 Å². The highest BCUT2D eigenvalue weighted by Crippen LogP contribution is 2.24. The number of aromatic nitrogens is 2. The molecule has 0 aliphatic carbocycles. The van der Waals surface area contributed by atoms with Gasteiger partial charge >= 0.3 is 0 Å². The molecule has 0 unspecified atom stereocenters. The molecule has 0 aliphatic heterocycles. The van der Waals surface area contributed by atoms with Crippen molar-refractivity contribution in [2.75, 3.05) is 0 Å². The van der Waals surface area contributed by atoms with Crippen LogP contribution < -0.4 is 5.73 Å². The molecule has 0 bridgehead atoms. The summed E-state index contributed by atoms with van der Waals surface area (Å²) in [4.78, 5) is 4.73. The SMILES string of the molecule is Cc1ccc(-c2cn3cccc(CN)c3n2)c(C)c1. The van der Waals surface area contributed by atoms with E-state index in [-0.39, 0.29) is 0 Å². The largest absolute Gasteiger partial charge is 0.326 e. The topological polar surface area (TPSA) is 43.3 Å². The van der Waals surface area contributed by atoms with Crippen LogP contribution in [0.15, 0.2) is 42.7 Å². The van der Waals surface area contributed by atoms with Crippen molar-refractivity contribution in [3.63, 3.8) is 0 Å². The number of imidazole rings is 1. The Balaban J connectivity index is 2.20. The molecule has 0 fully saturated rings. The lowest BCUT2D eigenvalue weighted by Gasteiger charge is -2.03. The zero-order chi connectivity index (χ0) is 13.4. The molecule has 2 aromatic heterocycles. The van der Waals surface area contributed by atoms with E-state index < -0.39 is 0 Å². The van der Waals surface area contributed by atoms with Gasteiger partial charge in [-0.2, -0.15) is 0 Å². The Bertz CT molecular complexity index is 741. The normalized spacial score (nSPS) is 11.1. The van der Waals surface area contributed by atoms with Gasteiger partial charge in [0.05, 0.1) is 5.69 Å². The third-order valence-electron chi connectivity index (χ3n) is 3.44. The number of nitrogens with zero attached hydrogens (tertiary/aromatic N) is 2. The molecular weight excluding hydrogens is 234 g/mol. The third kappa shape index (κ3) is 2.02. The molecule has 3 rings (SSSR count). The Morgan fingerprint density at radius 2 is 2.05 bits per heavy atom. The minimum absolute atomic E-state index is 0.508. The number of hydrogen-bond acceptors (Lipinski definition) is 2. The lowest BCUT2D eigenvalue weighted by atomic mass is 10.0. The molecule has 3 heteroatoms. The van der Waals surface area contributed by atoms with Gasteiger partial charge in [0.25, 0.3) is 0 Å². The number of benzene rings is 1. The summed E-state index contributed by atoms with van der Waals surface area (Å²) in [5, 5.41) is 0. The van der Waals surface area contributed by atoms with E-state index in [1.54, 1.807) is 0 Å². The average molecular weight is 251 g/mol. The molecule has 0 aliphatic rings. The van der Waals surface area contributed by atoms with E-state index in [2.05, 4.69) is 38.2 Å². The second kappa shape index (κ2) is 4.52. The smallest absolute Gasteiger partial charge is 0.141 e. The predicted octanol–water partition coefficient (Wildman–Crippen LogP) is 3.08. The summed E-state index contributed by atoms with van der Waals surface area (Å²) in [6, 6.07) is 10.5. The zero-order valence-corrected chi connectivity index (χ0v) is 11.2. The van der Waals surface area contributed by atoms with Gasteiger partial charge in [-0.3, -0.25) is 0 Å². The monoisotopic (exact) mass is 251 g/mol. The second-order valence-electron chi connectivity index (χ2n) is 4.91. The maximum Gasteiger partial charge on any atom is 0.141 e. The summed E-state index contributed by atoms with van der Waals surface area (Å²) < 4.78 is 2.04. The summed E-state index contributed by atoms with van der Waals surface area (Å²) >= 11 is 0. The highest BCUT2D eigenvalue weighted by Gasteiger charge is 2.09. The summed E-state index contributed by atoms with van der Waals surface area (Å²) in [7, 11) is 0. The van der Waals surface area contributed by atoms with E-state index in [1.807, 2.05) is 22.7 Å². The first-order chi connectivity index (χ1) is 9.19. The Labute approximate surface area is 112 Å². The van der Waals surface area contributed by atoms with Crippen LogP contribution in [0, 0.1) is 13.8 Å². The van der Waals surface area contributed by atoms with Crippen molar-refractivity contribution in [2.45, 2.75) is 20.4 Å². The maximum atomic E-state index is 5.76. The number of nitrogens with two attached hydrogens (primary N) is 1. The van der Waals surface area contributed by atoms with E-state index in [9.17, 15) is 0 Å². The molecule has 0 saturated heterocycles. The Morgan fingerprint density at radius 1 is 1.21 bits per heavy atom. The van der Waals surface area contributed by atoms with E-state index in [4.69, 9.17) is 10.7 Å². The van der Waals surface area contributed by atoms with Gasteiger partial charge in [0, 0.05) is 30.1 Å². The molecular formula is C16H17N3. The summed E-state index contributed by atoms with van der Waals surface area (Å²) in [6.07, 6.45) is 4.07. The van der Waals surface area contributed by atoms with Crippen LogP contribution in [0.3, 0.4) is 0 Å². The van der Waals surface area contributed by atoms with Crippen LogP contribution in [0.5, 0.6) is 0 Å². The van der Waals surface area contributed by atoms with E-state index >= 15 is 0 Å². The van der Waals surface area contributed by atoms with E-state index in [0.29, 0.717) is 6.54 Å². The molecule has 96 valence electrons. The van der Waals surface area contributed by atoms with Crippen LogP contribution in [-0.2, 0) is 6.54 Å². The highest BCUT2D eigenvalue weighted by molar-refractivity contribution is 5.67. The van der Waals surface area contributed by atoms with Gasteiger partial charge in [0.15, 0.2) is 0 Å². The fourth-order valence-electron chi connectivity index (χ4n) is 2.46. The molecule has 2 heterocycles. The van der Waals surface area contributed by atoms with Crippen molar-refractivity contribution in [1.29, 1.82) is 0 Å². The van der Waals surface area contributed by atoms with E-state index in [0.717, 1.165) is 16.9 Å². The van der Waals surface area contributed by atoms with Gasteiger partial charge in [0.1, 0.15) is 5.65 Å². The Kier molecular flexibility index (Phi) is 2.84. The first kappa shape index (κ1) is 11.9. The number of hydrogen-bond donors (Lipinski definition) is 1. The zero-order valence-electron chi connectivity index (χ0n) is 11.2. The summed E-state index contributed by atoms with van der Waals surface area (Å²) in [5.41, 5.74) is 12.5. The molecule has 0 saturated carbocycles. The third-order valence-corrected chi connectivity index (χ3v) is 3.44. The predicted molar refractivity (Wildman–Crippen MR) is 78.0 cm³/mol. The van der Waals surface area contributed by atoms with Crippen LogP contribution in [0.2, 0.25) is 0 Å². The fraction of sp³-hybridized carbons (Fsp3) is 0.188. The second-order valence-corrected chi connectivity index (χ2v) is 4.91. The van der Waals surface area contributed by atoms with Crippen molar-refractivity contribution < 1.29 is 0 Å². The summed E-state index contributed by atoms with van der Waals surface area (Å²) in [6.45, 7) is 4.73. The molecule has 0 amide bonds. The molecule has 2 N–H and O–H groups in total. The van der Waals surface area contributed by atoms with Crippen LogP contribution in [0.4, 0.5) is 0 Å². The number of aryl methyl sites for hydroxylation is 2.